The van der Waals surface area contributed by atoms with Crippen LogP contribution in [0.25, 0.3) is 11.0 Å². The Morgan fingerprint density at radius 2 is 1.59 bits per heavy atom. The molecule has 0 amide bonds. The molecular formula is C31H43N3O3. The Morgan fingerprint density at radius 3 is 2.30 bits per heavy atom. The Balaban J connectivity index is 1.47. The van der Waals surface area contributed by atoms with Gasteiger partial charge in [0, 0.05) is 18.1 Å². The van der Waals surface area contributed by atoms with Crippen molar-refractivity contribution >= 4 is 17.0 Å². The van der Waals surface area contributed by atoms with Gasteiger partial charge in [-0.3, -0.25) is 14.3 Å². The summed E-state index contributed by atoms with van der Waals surface area (Å²) >= 11 is 0. The molecule has 0 radical (unpaired) electrons. The molecule has 3 heterocycles. The van der Waals surface area contributed by atoms with Gasteiger partial charge < -0.3 is 5.11 Å². The van der Waals surface area contributed by atoms with Crippen LogP contribution in [0.3, 0.4) is 0 Å². The molecule has 200 valence electrons. The van der Waals surface area contributed by atoms with Crippen molar-refractivity contribution < 1.29 is 9.90 Å². The third kappa shape index (κ3) is 4.05. The number of aromatic nitrogens is 2. The number of benzene rings is 1. The largest absolute Gasteiger partial charge is 0.476 e. The number of fused-ring (bicyclic) bond motifs is 3. The van der Waals surface area contributed by atoms with Gasteiger partial charge in [0.05, 0.1) is 16.6 Å². The van der Waals surface area contributed by atoms with E-state index >= 15 is 0 Å². The van der Waals surface area contributed by atoms with Crippen LogP contribution in [0.4, 0.5) is 0 Å². The van der Waals surface area contributed by atoms with Gasteiger partial charge in [0.25, 0.3) is 5.56 Å². The summed E-state index contributed by atoms with van der Waals surface area (Å²) in [4.78, 5) is 33.3. The Hall–Kier alpha value is -2.21. The number of carboxylic acids is 1. The van der Waals surface area contributed by atoms with E-state index in [1.807, 2.05) is 28.8 Å². The summed E-state index contributed by atoms with van der Waals surface area (Å²) in [7, 11) is 0. The average molecular weight is 506 g/mol. The minimum Gasteiger partial charge on any atom is -0.476 e. The molecule has 6 rings (SSSR count). The van der Waals surface area contributed by atoms with E-state index < -0.39 is 11.5 Å². The minimum absolute atomic E-state index is 0.310. The van der Waals surface area contributed by atoms with Gasteiger partial charge in [-0.2, -0.15) is 0 Å². The van der Waals surface area contributed by atoms with E-state index in [9.17, 15) is 14.7 Å². The molecule has 2 saturated carbocycles. The fourth-order valence-electron chi connectivity index (χ4n) is 9.26. The maximum absolute atomic E-state index is 13.9. The Kier molecular flexibility index (Phi) is 6.67. The van der Waals surface area contributed by atoms with E-state index in [1.165, 1.54) is 70.6 Å². The normalized spacial score (nSPS) is 35.5. The number of aromatic carboxylic acids is 1. The third-order valence-electron chi connectivity index (χ3n) is 10.8. The van der Waals surface area contributed by atoms with Crippen molar-refractivity contribution in [3.63, 3.8) is 0 Å². The molecule has 6 unspecified atom stereocenters. The summed E-state index contributed by atoms with van der Waals surface area (Å²) in [6.45, 7) is 4.79. The first-order valence-electron chi connectivity index (χ1n) is 15.0. The highest BCUT2D eigenvalue weighted by Gasteiger charge is 2.63. The zero-order valence-corrected chi connectivity index (χ0v) is 22.6. The van der Waals surface area contributed by atoms with Crippen LogP contribution in [0.15, 0.2) is 29.1 Å². The predicted molar refractivity (Wildman–Crippen MR) is 146 cm³/mol. The molecule has 2 aliphatic carbocycles. The molecule has 1 aromatic carbocycles. The third-order valence-corrected chi connectivity index (χ3v) is 10.8. The highest BCUT2D eigenvalue weighted by atomic mass is 16.4. The summed E-state index contributed by atoms with van der Waals surface area (Å²) in [5.41, 5.74) is 0.291. The van der Waals surface area contributed by atoms with Crippen LogP contribution in [0.1, 0.15) is 108 Å². The smallest absolute Gasteiger partial charge is 0.360 e. The standard InChI is InChI=1S/C31H43N3O3/c1-20-16-17-23-18-31(34-25-15-11-10-14-24(25)32-28(29(34)35)30(36)37)19-26(27(20)21(31)2)33(23)22-12-8-6-4-3-5-7-9-13-22/h10-11,14-15,20-23,26-27H,3-9,12-13,16-19H2,1-2H3,(H,36,37). The molecule has 6 nitrogen and oxygen atoms in total. The van der Waals surface area contributed by atoms with E-state index in [-0.39, 0.29) is 11.2 Å². The molecule has 6 heteroatoms. The number of hydrogen-bond acceptors (Lipinski definition) is 4. The number of rotatable bonds is 3. The summed E-state index contributed by atoms with van der Waals surface area (Å²) in [5, 5.41) is 9.90. The minimum atomic E-state index is -1.23. The van der Waals surface area contributed by atoms with Gasteiger partial charge in [0.2, 0.25) is 5.69 Å². The Morgan fingerprint density at radius 1 is 0.919 bits per heavy atom. The first-order chi connectivity index (χ1) is 17.9. The number of piperidine rings is 1. The van der Waals surface area contributed by atoms with E-state index in [4.69, 9.17) is 0 Å². The lowest BCUT2D eigenvalue weighted by Crippen LogP contribution is -2.57. The Bertz CT molecular complexity index is 1210. The van der Waals surface area contributed by atoms with Gasteiger partial charge in [0.1, 0.15) is 0 Å². The van der Waals surface area contributed by atoms with E-state index in [0.29, 0.717) is 41.4 Å². The van der Waals surface area contributed by atoms with Crippen LogP contribution in [0, 0.1) is 17.8 Å². The molecule has 3 bridgehead atoms. The van der Waals surface area contributed by atoms with Gasteiger partial charge in [-0.05, 0) is 68.4 Å². The van der Waals surface area contributed by atoms with Crippen molar-refractivity contribution in [1.82, 2.24) is 14.5 Å². The fourth-order valence-corrected chi connectivity index (χ4v) is 9.26. The molecule has 4 fully saturated rings. The van der Waals surface area contributed by atoms with E-state index in [2.05, 4.69) is 23.7 Å². The molecule has 1 N–H and O–H groups in total. The molecule has 1 aromatic heterocycles. The van der Waals surface area contributed by atoms with Crippen molar-refractivity contribution in [2.24, 2.45) is 17.8 Å². The van der Waals surface area contributed by atoms with Crippen molar-refractivity contribution in [3.05, 3.63) is 40.3 Å². The van der Waals surface area contributed by atoms with Crippen LogP contribution in [-0.4, -0.2) is 43.7 Å². The number of hydrogen-bond donors (Lipinski definition) is 1. The molecule has 4 aliphatic rings. The zero-order valence-electron chi connectivity index (χ0n) is 22.6. The number of carbonyl (C=O) groups is 1. The van der Waals surface area contributed by atoms with Crippen LogP contribution >= 0.6 is 0 Å². The molecule has 6 atom stereocenters. The molecule has 2 aromatic rings. The van der Waals surface area contributed by atoms with Crippen LogP contribution in [0.2, 0.25) is 0 Å². The topological polar surface area (TPSA) is 75.4 Å². The quantitative estimate of drug-likeness (QED) is 0.537. The Labute approximate surface area is 220 Å². The molecule has 2 saturated heterocycles. The highest BCUT2D eigenvalue weighted by molar-refractivity contribution is 5.88. The summed E-state index contributed by atoms with van der Waals surface area (Å²) in [6.07, 6.45) is 16.5. The average Bonchev–Trinajstić information content (AvgIpc) is 3.07. The van der Waals surface area contributed by atoms with Crippen LogP contribution < -0.4 is 5.56 Å². The molecule has 37 heavy (non-hydrogen) atoms. The number of carboxylic acid groups (broad SMARTS) is 1. The van der Waals surface area contributed by atoms with Crippen molar-refractivity contribution in [2.75, 3.05) is 0 Å². The lowest BCUT2D eigenvalue weighted by molar-refractivity contribution is 0.000443. The molecule has 0 spiro atoms. The van der Waals surface area contributed by atoms with Gasteiger partial charge in [-0.25, -0.2) is 9.78 Å². The first kappa shape index (κ1) is 25.1. The second-order valence-electron chi connectivity index (χ2n) is 12.7. The van der Waals surface area contributed by atoms with Crippen molar-refractivity contribution in [2.45, 2.75) is 121 Å². The maximum Gasteiger partial charge on any atom is 0.360 e. The van der Waals surface area contributed by atoms with E-state index in [0.717, 1.165) is 18.4 Å². The number of nitrogens with zero attached hydrogens (tertiary/aromatic N) is 3. The summed E-state index contributed by atoms with van der Waals surface area (Å²) in [6, 6.07) is 9.22. The van der Waals surface area contributed by atoms with Gasteiger partial charge in [-0.15, -0.1) is 0 Å². The van der Waals surface area contributed by atoms with Crippen LogP contribution in [0.5, 0.6) is 0 Å². The SMILES string of the molecule is CC1CCC2CC3(n4c(=O)c(C(=O)O)nc5ccccc54)CC(C1C3C)N2C1CCCCCCCCC1. The van der Waals surface area contributed by atoms with Crippen LogP contribution in [-0.2, 0) is 5.54 Å². The summed E-state index contributed by atoms with van der Waals surface area (Å²) < 4.78 is 1.92. The lowest BCUT2D eigenvalue weighted by atomic mass is 9.72. The fraction of sp³-hybridized carbons (Fsp3) is 0.710. The van der Waals surface area contributed by atoms with Gasteiger partial charge >= 0.3 is 5.97 Å². The van der Waals surface area contributed by atoms with Gasteiger partial charge in [-0.1, -0.05) is 70.9 Å². The second kappa shape index (κ2) is 9.83. The number of para-hydroxylation sites is 2. The van der Waals surface area contributed by atoms with Gasteiger partial charge in [0.15, 0.2) is 0 Å². The van der Waals surface area contributed by atoms with Crippen molar-refractivity contribution in [1.29, 1.82) is 0 Å². The lowest BCUT2D eigenvalue weighted by Gasteiger charge is -2.50. The molecule has 2 aliphatic heterocycles. The van der Waals surface area contributed by atoms with Crippen molar-refractivity contribution in [3.8, 4) is 0 Å². The highest BCUT2D eigenvalue weighted by Crippen LogP contribution is 2.60. The zero-order chi connectivity index (χ0) is 25.7. The molecular weight excluding hydrogens is 462 g/mol. The summed E-state index contributed by atoms with van der Waals surface area (Å²) in [5.74, 6) is 0.215. The predicted octanol–water partition coefficient (Wildman–Crippen LogP) is 6.21. The monoisotopic (exact) mass is 505 g/mol. The van der Waals surface area contributed by atoms with E-state index in [1.54, 1.807) is 0 Å². The second-order valence-corrected chi connectivity index (χ2v) is 12.7. The first-order valence-corrected chi connectivity index (χ1v) is 15.0. The maximum atomic E-state index is 13.9.